The summed E-state index contributed by atoms with van der Waals surface area (Å²) in [6, 6.07) is 1.32. The molecule has 1 aromatic heterocycles. The fraction of sp³-hybridized carbons (Fsp3) is 0.500. The molecule has 13 heavy (non-hydrogen) atoms. The number of nitrogens with zero attached hydrogens (tertiary/aromatic N) is 2. The average Bonchev–Trinajstić information content (AvgIpc) is 2.53. The lowest BCUT2D eigenvalue weighted by Crippen LogP contribution is -2.03. The first-order valence-corrected chi connectivity index (χ1v) is 7.55. The zero-order valence-corrected chi connectivity index (χ0v) is 9.74. The van der Waals surface area contributed by atoms with E-state index in [0.717, 1.165) is 0 Å². The van der Waals surface area contributed by atoms with Crippen LogP contribution in [0.5, 0.6) is 0 Å². The van der Waals surface area contributed by atoms with E-state index in [-0.39, 0.29) is 5.69 Å². The molecule has 0 fully saturated rings. The molecule has 1 unspecified atom stereocenters. The van der Waals surface area contributed by atoms with Gasteiger partial charge in [0.2, 0.25) is 0 Å². The summed E-state index contributed by atoms with van der Waals surface area (Å²) in [5.41, 5.74) is -0.183. The minimum Gasteiger partial charge on any atom is -0.350 e. The van der Waals surface area contributed by atoms with Gasteiger partial charge in [0.05, 0.1) is 19.6 Å². The van der Waals surface area contributed by atoms with Crippen LogP contribution in [0, 0.1) is 0 Å². The number of alkyl halides is 2. The first kappa shape index (κ1) is 11.3. The monoisotopic (exact) mass is 320 g/mol. The summed E-state index contributed by atoms with van der Waals surface area (Å²) in [5.74, 6) is 0. The van der Waals surface area contributed by atoms with Gasteiger partial charge in [0.1, 0.15) is 5.69 Å². The maximum atomic E-state index is 12.1. The summed E-state index contributed by atoms with van der Waals surface area (Å²) < 4.78 is 30.7. The first-order valence-electron chi connectivity index (χ1n) is 3.53. The van der Waals surface area contributed by atoms with Crippen LogP contribution < -0.4 is 0 Å². The molecule has 0 N–H and O–H groups in total. The largest absolute Gasteiger partial charge is 0.350 e. The van der Waals surface area contributed by atoms with E-state index in [2.05, 4.69) is 27.1 Å². The van der Waals surface area contributed by atoms with Gasteiger partial charge in [0.15, 0.2) is 0 Å². The minimum absolute atomic E-state index is 0.183. The van der Waals surface area contributed by atoms with Crippen molar-refractivity contribution >= 4 is 28.5 Å². The molecule has 1 rings (SSSR count). The molecule has 0 spiro atoms. The van der Waals surface area contributed by atoms with Gasteiger partial charge in [0, 0.05) is 6.20 Å². The minimum atomic E-state index is -2.49. The summed E-state index contributed by atoms with van der Waals surface area (Å²) in [7, 11) is 0. The zero-order valence-electron chi connectivity index (χ0n) is 6.58. The molecule has 1 atom stereocenters. The fourth-order valence-corrected chi connectivity index (χ4v) is 1.63. The summed E-state index contributed by atoms with van der Waals surface area (Å²) in [4.78, 5) is 0. The molecule has 0 radical (unpaired) electrons. The quantitative estimate of drug-likeness (QED) is 0.474. The van der Waals surface area contributed by atoms with Crippen LogP contribution in [0.3, 0.4) is 0 Å². The van der Waals surface area contributed by atoms with E-state index in [9.17, 15) is 8.78 Å². The maximum Gasteiger partial charge on any atom is 0.282 e. The second-order valence-electron chi connectivity index (χ2n) is 2.23. The third-order valence-electron chi connectivity index (χ3n) is 1.36. The van der Waals surface area contributed by atoms with Gasteiger partial charge in [-0.05, 0) is 28.1 Å². The molecule has 7 heteroatoms. The van der Waals surface area contributed by atoms with Crippen molar-refractivity contribution in [3.63, 3.8) is 0 Å². The van der Waals surface area contributed by atoms with Gasteiger partial charge in [-0.15, -0.1) is 0 Å². The van der Waals surface area contributed by atoms with Gasteiger partial charge in [0.25, 0.3) is 6.43 Å². The summed E-state index contributed by atoms with van der Waals surface area (Å²) in [5, 5.41) is 3.67. The molecule has 0 saturated carbocycles. The van der Waals surface area contributed by atoms with Crippen LogP contribution in [0.15, 0.2) is 12.3 Å². The van der Waals surface area contributed by atoms with Crippen LogP contribution >= 0.6 is 28.5 Å². The Bertz CT molecular complexity index is 259. The van der Waals surface area contributed by atoms with Gasteiger partial charge in [-0.3, -0.25) is 4.68 Å². The van der Waals surface area contributed by atoms with Crippen molar-refractivity contribution in [1.29, 1.82) is 0 Å². The molecule has 0 aliphatic rings. The first-order chi connectivity index (χ1) is 6.24. The molecular formula is C6H8F2IN2OP. The van der Waals surface area contributed by atoms with E-state index in [1.807, 2.05) is 0 Å². The third kappa shape index (κ3) is 3.83. The van der Waals surface area contributed by atoms with Gasteiger partial charge >= 0.3 is 0 Å². The SMILES string of the molecule is FC(F)c1ccn(CCOPI)n1. The van der Waals surface area contributed by atoms with Crippen LogP contribution in [0.4, 0.5) is 8.78 Å². The Morgan fingerprint density at radius 1 is 1.69 bits per heavy atom. The highest BCUT2D eigenvalue weighted by molar-refractivity contribution is 14.2. The van der Waals surface area contributed by atoms with Crippen LogP contribution in [-0.2, 0) is 11.1 Å². The normalized spacial score (nSPS) is 12.0. The van der Waals surface area contributed by atoms with Crippen molar-refractivity contribution in [1.82, 2.24) is 9.78 Å². The Kier molecular flexibility index (Phi) is 5.05. The van der Waals surface area contributed by atoms with Crippen LogP contribution in [0.1, 0.15) is 12.1 Å². The van der Waals surface area contributed by atoms with Gasteiger partial charge < -0.3 is 4.52 Å². The lowest BCUT2D eigenvalue weighted by molar-refractivity contribution is 0.144. The van der Waals surface area contributed by atoms with Crippen LogP contribution in [0.25, 0.3) is 0 Å². The van der Waals surface area contributed by atoms with Crippen LogP contribution in [-0.4, -0.2) is 16.4 Å². The molecule has 1 aromatic rings. The van der Waals surface area contributed by atoms with Gasteiger partial charge in [-0.25, -0.2) is 8.78 Å². The topological polar surface area (TPSA) is 27.1 Å². The predicted molar refractivity (Wildman–Crippen MR) is 55.5 cm³/mol. The van der Waals surface area contributed by atoms with Crippen LogP contribution in [0.2, 0.25) is 0 Å². The van der Waals surface area contributed by atoms with Crippen molar-refractivity contribution in [2.24, 2.45) is 0 Å². The molecule has 0 aliphatic carbocycles. The average molecular weight is 320 g/mol. The molecule has 0 saturated heterocycles. The highest BCUT2D eigenvalue weighted by Crippen LogP contribution is 2.21. The second kappa shape index (κ2) is 5.82. The molecule has 0 bridgehead atoms. The predicted octanol–water partition coefficient (Wildman–Crippen LogP) is 2.78. The zero-order chi connectivity index (χ0) is 9.68. The summed E-state index contributed by atoms with van der Waals surface area (Å²) in [6.07, 6.45) is -0.963. The second-order valence-corrected chi connectivity index (χ2v) is 3.99. The molecule has 0 aromatic carbocycles. The number of halogens is 3. The van der Waals surface area contributed by atoms with Crippen molar-refractivity contribution in [2.75, 3.05) is 6.61 Å². The van der Waals surface area contributed by atoms with Crippen molar-refractivity contribution in [3.05, 3.63) is 18.0 Å². The Hall–Kier alpha value is 0.190. The van der Waals surface area contributed by atoms with E-state index in [0.29, 0.717) is 19.6 Å². The summed E-state index contributed by atoms with van der Waals surface area (Å²) in [6.45, 7) is 1.41. The smallest absolute Gasteiger partial charge is 0.282 e. The molecule has 74 valence electrons. The molecule has 3 nitrogen and oxygen atoms in total. The number of rotatable bonds is 5. The highest BCUT2D eigenvalue weighted by Gasteiger charge is 2.09. The Morgan fingerprint density at radius 3 is 3.00 bits per heavy atom. The van der Waals surface area contributed by atoms with Crippen molar-refractivity contribution in [2.45, 2.75) is 13.0 Å². The maximum absolute atomic E-state index is 12.1. The van der Waals surface area contributed by atoms with Gasteiger partial charge in [-0.1, -0.05) is 0 Å². The number of aromatic nitrogens is 2. The van der Waals surface area contributed by atoms with E-state index in [1.165, 1.54) is 16.9 Å². The molecule has 1 heterocycles. The lowest BCUT2D eigenvalue weighted by Gasteiger charge is -2.00. The third-order valence-corrected chi connectivity index (χ3v) is 2.61. The van der Waals surface area contributed by atoms with Crippen molar-refractivity contribution < 1.29 is 13.3 Å². The highest BCUT2D eigenvalue weighted by atomic mass is 127. The van der Waals surface area contributed by atoms with Gasteiger partial charge in [-0.2, -0.15) is 5.10 Å². The Morgan fingerprint density at radius 2 is 2.46 bits per heavy atom. The lowest BCUT2D eigenvalue weighted by atomic mass is 10.5. The molecule has 0 amide bonds. The number of hydrogen-bond acceptors (Lipinski definition) is 2. The molecule has 0 aliphatic heterocycles. The van der Waals surface area contributed by atoms with Crippen molar-refractivity contribution in [3.8, 4) is 0 Å². The molecular weight excluding hydrogens is 312 g/mol. The fourth-order valence-electron chi connectivity index (χ4n) is 0.796. The Labute approximate surface area is 89.2 Å². The summed E-state index contributed by atoms with van der Waals surface area (Å²) >= 11 is 2.10. The Balaban J connectivity index is 2.40. The van der Waals surface area contributed by atoms with E-state index in [4.69, 9.17) is 4.52 Å². The van der Waals surface area contributed by atoms with E-state index < -0.39 is 6.43 Å². The standard InChI is InChI=1S/C6H8F2IN2OP/c7-6(8)5-1-2-11(10-5)3-4-12-13-9/h1-2,6,13H,3-4H2. The van der Waals surface area contributed by atoms with E-state index in [1.54, 1.807) is 0 Å². The number of hydrogen-bond donors (Lipinski definition) is 0. The van der Waals surface area contributed by atoms with E-state index >= 15 is 0 Å².